The van der Waals surface area contributed by atoms with Crippen molar-refractivity contribution < 1.29 is 16.7 Å². The zero-order valence-corrected chi connectivity index (χ0v) is 10.9. The van der Waals surface area contributed by atoms with E-state index in [1.807, 2.05) is 13.8 Å². The molecule has 0 radical (unpaired) electrons. The van der Waals surface area contributed by atoms with E-state index in [1.165, 1.54) is 0 Å². The van der Waals surface area contributed by atoms with Crippen LogP contribution in [0, 0.1) is 0 Å². The third kappa shape index (κ3) is 5.52. The zero-order valence-electron chi connectivity index (χ0n) is 15.9. The first-order valence-electron chi connectivity index (χ1n) is 8.65. The fourth-order valence-corrected chi connectivity index (χ4v) is 1.50. The molecule has 102 valence electrons. The topological polar surface area (TPSA) is 41.5 Å². The number of hydrogen-bond donors (Lipinski definition) is 2. The van der Waals surface area contributed by atoms with Crippen molar-refractivity contribution in [3.8, 4) is 5.75 Å². The lowest BCUT2D eigenvalue weighted by Crippen LogP contribution is -2.35. The average molecular weight is 261 g/mol. The van der Waals surface area contributed by atoms with Gasteiger partial charge < -0.3 is 15.2 Å². The summed E-state index contributed by atoms with van der Waals surface area (Å²) < 4.78 is 42.9. The number of aliphatic hydroxyl groups excluding tert-OH is 1. The van der Waals surface area contributed by atoms with Crippen molar-refractivity contribution in [2.45, 2.75) is 45.6 Å². The molecule has 0 aliphatic rings. The lowest BCUT2D eigenvalue weighted by Gasteiger charge is -2.16. The van der Waals surface area contributed by atoms with Crippen molar-refractivity contribution in [2.24, 2.45) is 0 Å². The fraction of sp³-hybridized carbons (Fsp3) is 0.600. The molecule has 3 nitrogen and oxygen atoms in total. The molecule has 0 spiro atoms. The number of aryl methyl sites for hydroxylation is 1. The number of nitrogens with one attached hydrogen (secondary N) is 1. The summed E-state index contributed by atoms with van der Waals surface area (Å²) in [6.07, 6.45) is -3.32. The molecule has 1 atom stereocenters. The van der Waals surface area contributed by atoms with Gasteiger partial charge >= 0.3 is 0 Å². The third-order valence-corrected chi connectivity index (χ3v) is 2.44. The van der Waals surface area contributed by atoms with Gasteiger partial charge in [0.05, 0.1) is 0 Å². The van der Waals surface area contributed by atoms with E-state index < -0.39 is 19.3 Å². The Morgan fingerprint density at radius 3 is 2.94 bits per heavy atom. The van der Waals surface area contributed by atoms with Crippen LogP contribution in [0.1, 0.15) is 39.5 Å². The Kier molecular flexibility index (Phi) is 4.03. The summed E-state index contributed by atoms with van der Waals surface area (Å²) in [5.41, 5.74) is 0.470. The molecule has 0 amide bonds. The average Bonchev–Trinajstić information content (AvgIpc) is 2.42. The molecule has 1 unspecified atom stereocenters. The molecule has 18 heavy (non-hydrogen) atoms. The summed E-state index contributed by atoms with van der Waals surface area (Å²) in [7, 11) is 0. The first-order valence-corrected chi connectivity index (χ1v) is 6.15. The smallest absolute Gasteiger partial charge is 0.122 e. The maximum atomic E-state index is 9.86. The first kappa shape index (κ1) is 8.94. The summed E-state index contributed by atoms with van der Waals surface area (Å²) in [5, 5.41) is 13.0. The minimum absolute atomic E-state index is 0.0491. The third-order valence-electron chi connectivity index (χ3n) is 2.44. The van der Waals surface area contributed by atoms with Crippen LogP contribution >= 0.6 is 0 Å². The monoisotopic (exact) mass is 261 g/mol. The molecule has 0 fully saturated rings. The van der Waals surface area contributed by atoms with Crippen molar-refractivity contribution in [3.63, 3.8) is 0 Å². The van der Waals surface area contributed by atoms with Crippen molar-refractivity contribution in [3.05, 3.63) is 29.8 Å². The predicted octanol–water partition coefficient (Wildman–Crippen LogP) is 2.38. The highest BCUT2D eigenvalue weighted by atomic mass is 16.5. The van der Waals surface area contributed by atoms with Gasteiger partial charge in [-0.15, -0.1) is 0 Å². The zero-order chi connectivity index (χ0) is 17.7. The van der Waals surface area contributed by atoms with Crippen LogP contribution in [0.2, 0.25) is 0 Å². The normalized spacial score (nSPS) is 18.3. The summed E-state index contributed by atoms with van der Waals surface area (Å²) in [6, 6.07) is 6.96. The molecule has 0 bridgehead atoms. The van der Waals surface area contributed by atoms with Gasteiger partial charge in [0, 0.05) is 19.4 Å². The van der Waals surface area contributed by atoms with Crippen molar-refractivity contribution in [2.75, 3.05) is 13.2 Å². The lowest BCUT2D eigenvalue weighted by molar-refractivity contribution is 0.104. The van der Waals surface area contributed by atoms with Gasteiger partial charge in [0.15, 0.2) is 0 Å². The summed E-state index contributed by atoms with van der Waals surface area (Å²) in [5.74, 6) is 0.393. The van der Waals surface area contributed by atoms with E-state index in [2.05, 4.69) is 5.32 Å². The van der Waals surface area contributed by atoms with Gasteiger partial charge in [-0.25, -0.2) is 0 Å². The van der Waals surface area contributed by atoms with Crippen LogP contribution in [0.5, 0.6) is 5.75 Å². The Morgan fingerprint density at radius 1 is 1.44 bits per heavy atom. The molecule has 2 N–H and O–H groups in total. The van der Waals surface area contributed by atoms with Crippen LogP contribution < -0.4 is 10.1 Å². The van der Waals surface area contributed by atoms with E-state index >= 15 is 0 Å². The van der Waals surface area contributed by atoms with Gasteiger partial charge in [-0.3, -0.25) is 0 Å². The predicted molar refractivity (Wildman–Crippen MR) is 75.1 cm³/mol. The van der Waals surface area contributed by atoms with Gasteiger partial charge in [-0.05, 0) is 18.1 Å². The van der Waals surface area contributed by atoms with Crippen LogP contribution in [-0.4, -0.2) is 30.4 Å². The second kappa shape index (κ2) is 8.11. The van der Waals surface area contributed by atoms with E-state index in [1.54, 1.807) is 24.3 Å². The van der Waals surface area contributed by atoms with Crippen LogP contribution in [0.4, 0.5) is 0 Å². The molecule has 0 aliphatic heterocycles. The Hall–Kier alpha value is -1.06. The molecule has 0 aliphatic carbocycles. The molecule has 0 saturated heterocycles. The van der Waals surface area contributed by atoms with E-state index in [9.17, 15) is 5.11 Å². The highest BCUT2D eigenvalue weighted by molar-refractivity contribution is 5.33. The van der Waals surface area contributed by atoms with Gasteiger partial charge in [0.1, 0.15) is 18.5 Å². The Bertz CT molecular complexity index is 491. The second-order valence-electron chi connectivity index (χ2n) is 4.49. The fourth-order valence-electron chi connectivity index (χ4n) is 1.50. The molecular weight excluding hydrogens is 226 g/mol. The number of hydrogen-bond acceptors (Lipinski definition) is 3. The number of rotatable bonds is 8. The highest BCUT2D eigenvalue weighted by Crippen LogP contribution is 2.19. The van der Waals surface area contributed by atoms with Crippen LogP contribution in [0.25, 0.3) is 0 Å². The lowest BCUT2D eigenvalue weighted by atomic mass is 10.1. The minimum Gasteiger partial charge on any atom is -0.491 e. The number of ether oxygens (including phenoxy) is 1. The Balaban J connectivity index is 2.71. The largest absolute Gasteiger partial charge is 0.491 e. The molecule has 0 aromatic heterocycles. The molecular formula is C15H25NO2. The highest BCUT2D eigenvalue weighted by Gasteiger charge is 2.08. The van der Waals surface area contributed by atoms with Gasteiger partial charge in [0.25, 0.3) is 0 Å². The molecule has 0 heterocycles. The Labute approximate surface area is 117 Å². The van der Waals surface area contributed by atoms with Crippen molar-refractivity contribution >= 4 is 0 Å². The second-order valence-corrected chi connectivity index (χ2v) is 4.49. The van der Waals surface area contributed by atoms with Gasteiger partial charge in [0.2, 0.25) is 0 Å². The number of benzene rings is 1. The van der Waals surface area contributed by atoms with E-state index in [4.69, 9.17) is 11.6 Å². The quantitative estimate of drug-likeness (QED) is 0.755. The van der Waals surface area contributed by atoms with Crippen LogP contribution in [-0.2, 0) is 6.42 Å². The maximum Gasteiger partial charge on any atom is 0.122 e. The van der Waals surface area contributed by atoms with E-state index in [0.717, 1.165) is 0 Å². The maximum absolute atomic E-state index is 9.86. The van der Waals surface area contributed by atoms with Crippen LogP contribution in [0.15, 0.2) is 24.3 Å². The van der Waals surface area contributed by atoms with E-state index in [0.29, 0.717) is 17.9 Å². The summed E-state index contributed by atoms with van der Waals surface area (Å²) in [6.45, 7) is 1.67. The molecule has 1 aromatic carbocycles. The van der Waals surface area contributed by atoms with E-state index in [-0.39, 0.29) is 19.1 Å². The van der Waals surface area contributed by atoms with Gasteiger partial charge in [-0.1, -0.05) is 45.3 Å². The van der Waals surface area contributed by atoms with Crippen LogP contribution in [0.3, 0.4) is 0 Å². The summed E-state index contributed by atoms with van der Waals surface area (Å²) >= 11 is 0. The van der Waals surface area contributed by atoms with Gasteiger partial charge in [-0.2, -0.15) is 0 Å². The standard InChI is InChI=1S/C15H25NO2/c1-4-7-13-8-5-6-9-15(13)18-11-14(17)10-16-12(2)3/h5-6,8-9,12,14,16-17H,4,7,10-11H2,1-3H3/i1T3,4T2. The van der Waals surface area contributed by atoms with Crippen molar-refractivity contribution in [1.82, 2.24) is 5.32 Å². The number of para-hydroxylation sites is 1. The SMILES string of the molecule is [3H]C([3H])([3H])C([3H])([3H])Cc1ccccc1OCC(O)CNC(C)C. The minimum atomic E-state index is -2.71. The molecule has 0 saturated carbocycles. The molecule has 1 rings (SSSR count). The first-order chi connectivity index (χ1) is 10.5. The summed E-state index contributed by atoms with van der Waals surface area (Å²) in [4.78, 5) is 0. The Morgan fingerprint density at radius 2 is 2.22 bits per heavy atom. The molecule has 1 aromatic rings. The number of aliphatic hydroxyl groups is 1. The molecule has 3 heteroatoms. The van der Waals surface area contributed by atoms with Crippen molar-refractivity contribution in [1.29, 1.82) is 0 Å².